The Hall–Kier alpha value is -2.63. The predicted octanol–water partition coefficient (Wildman–Crippen LogP) is 2.61. The van der Waals surface area contributed by atoms with Crippen molar-refractivity contribution in [2.45, 2.75) is 38.8 Å². The first-order valence-corrected chi connectivity index (χ1v) is 8.45. The van der Waals surface area contributed by atoms with Crippen molar-refractivity contribution in [3.63, 3.8) is 0 Å². The van der Waals surface area contributed by atoms with E-state index in [1.165, 1.54) is 6.42 Å². The molecule has 1 aromatic carbocycles. The lowest BCUT2D eigenvalue weighted by Gasteiger charge is -2.07. The fourth-order valence-electron chi connectivity index (χ4n) is 2.77. The normalized spacial score (nSPS) is 11.0. The zero-order chi connectivity index (χ0) is 16.6. The fourth-order valence-corrected chi connectivity index (χ4v) is 2.77. The Bertz CT molecular complexity index is 763. The van der Waals surface area contributed by atoms with Gasteiger partial charge < -0.3 is 14.5 Å². The Labute approximate surface area is 141 Å². The van der Waals surface area contributed by atoms with E-state index in [1.54, 1.807) is 12.5 Å². The minimum Gasteiger partial charge on any atom is -0.355 e. The molecule has 3 aromatic rings. The highest BCUT2D eigenvalue weighted by Crippen LogP contribution is 2.11. The van der Waals surface area contributed by atoms with Crippen molar-refractivity contribution >= 4 is 16.9 Å². The largest absolute Gasteiger partial charge is 0.355 e. The van der Waals surface area contributed by atoms with Crippen LogP contribution in [0, 0.1) is 0 Å². The lowest BCUT2D eigenvalue weighted by molar-refractivity contribution is -0.121. The Morgan fingerprint density at radius 2 is 1.96 bits per heavy atom. The van der Waals surface area contributed by atoms with Crippen LogP contribution in [-0.4, -0.2) is 31.6 Å². The molecule has 2 heterocycles. The van der Waals surface area contributed by atoms with Gasteiger partial charge in [-0.1, -0.05) is 25.0 Å². The number of fused-ring (bicyclic) bond motifs is 1. The second-order valence-corrected chi connectivity index (χ2v) is 5.93. The molecule has 0 spiro atoms. The summed E-state index contributed by atoms with van der Waals surface area (Å²) in [6.45, 7) is 2.07. The van der Waals surface area contributed by atoms with Crippen molar-refractivity contribution in [3.05, 3.63) is 49.3 Å². The molecule has 0 saturated heterocycles. The molecule has 1 amide bonds. The summed E-state index contributed by atoms with van der Waals surface area (Å²) in [6.07, 6.45) is 11.8. The van der Waals surface area contributed by atoms with Crippen LogP contribution >= 0.6 is 0 Å². The van der Waals surface area contributed by atoms with Gasteiger partial charge in [0.25, 0.3) is 0 Å². The van der Waals surface area contributed by atoms with Crippen LogP contribution < -0.4 is 5.32 Å². The number of carbonyl (C=O) groups excluding carboxylic acids is 1. The van der Waals surface area contributed by atoms with Crippen LogP contribution in [0.1, 0.15) is 25.7 Å². The summed E-state index contributed by atoms with van der Waals surface area (Å²) in [5.41, 5.74) is 1.91. The highest BCUT2D eigenvalue weighted by atomic mass is 16.1. The zero-order valence-electron chi connectivity index (χ0n) is 13.8. The van der Waals surface area contributed by atoms with Gasteiger partial charge in [0.15, 0.2) is 0 Å². The first-order chi connectivity index (χ1) is 11.8. The lowest BCUT2D eigenvalue weighted by atomic mass is 10.2. The van der Waals surface area contributed by atoms with Crippen LogP contribution in [0.4, 0.5) is 0 Å². The summed E-state index contributed by atoms with van der Waals surface area (Å²) >= 11 is 0. The molecule has 6 nitrogen and oxygen atoms in total. The number of imidazole rings is 2. The average molecular weight is 325 g/mol. The summed E-state index contributed by atoms with van der Waals surface area (Å²) in [4.78, 5) is 20.4. The van der Waals surface area contributed by atoms with Crippen LogP contribution in [0.2, 0.25) is 0 Å². The van der Waals surface area contributed by atoms with E-state index in [0.717, 1.165) is 43.4 Å². The van der Waals surface area contributed by atoms with Gasteiger partial charge in [0.1, 0.15) is 6.54 Å². The molecule has 2 aromatic heterocycles. The molecule has 0 atom stereocenters. The van der Waals surface area contributed by atoms with Gasteiger partial charge in [-0.25, -0.2) is 9.97 Å². The smallest absolute Gasteiger partial charge is 0.239 e. The third kappa shape index (κ3) is 4.44. The molecule has 0 unspecified atom stereocenters. The molecule has 126 valence electrons. The number of nitrogens with zero attached hydrogens (tertiary/aromatic N) is 4. The monoisotopic (exact) mass is 325 g/mol. The summed E-state index contributed by atoms with van der Waals surface area (Å²) in [5.74, 6) is 0.0385. The topological polar surface area (TPSA) is 64.7 Å². The molecule has 0 aliphatic heterocycles. The van der Waals surface area contributed by atoms with E-state index in [4.69, 9.17) is 0 Å². The Morgan fingerprint density at radius 3 is 2.83 bits per heavy atom. The van der Waals surface area contributed by atoms with Crippen LogP contribution in [-0.2, 0) is 17.9 Å². The quantitative estimate of drug-likeness (QED) is 0.615. The maximum Gasteiger partial charge on any atom is 0.239 e. The molecule has 6 heteroatoms. The molecule has 0 saturated carbocycles. The van der Waals surface area contributed by atoms with Crippen molar-refractivity contribution in [1.29, 1.82) is 0 Å². The number of carbonyl (C=O) groups is 1. The van der Waals surface area contributed by atoms with Crippen LogP contribution in [0.15, 0.2) is 49.3 Å². The van der Waals surface area contributed by atoms with Gasteiger partial charge in [-0.3, -0.25) is 4.79 Å². The predicted molar refractivity (Wildman–Crippen MR) is 93.4 cm³/mol. The number of amides is 1. The number of benzene rings is 1. The fraction of sp³-hybridized carbons (Fsp3) is 0.389. The SMILES string of the molecule is O=C(Cn1cnc2ccccc21)NCCCCCCn1ccnc1. The van der Waals surface area contributed by atoms with Crippen LogP contribution in [0.25, 0.3) is 11.0 Å². The van der Waals surface area contributed by atoms with Crippen LogP contribution in [0.5, 0.6) is 0 Å². The number of para-hydroxylation sites is 2. The summed E-state index contributed by atoms with van der Waals surface area (Å²) in [5, 5.41) is 2.99. The van der Waals surface area contributed by atoms with Gasteiger partial charge in [-0.05, 0) is 25.0 Å². The first-order valence-electron chi connectivity index (χ1n) is 8.45. The molecule has 3 rings (SSSR count). The second kappa shape index (κ2) is 8.29. The molecule has 1 N–H and O–H groups in total. The highest BCUT2D eigenvalue weighted by molar-refractivity contribution is 5.80. The highest BCUT2D eigenvalue weighted by Gasteiger charge is 2.06. The number of nitrogens with one attached hydrogen (secondary N) is 1. The van der Waals surface area contributed by atoms with Crippen LogP contribution in [0.3, 0.4) is 0 Å². The zero-order valence-corrected chi connectivity index (χ0v) is 13.8. The third-order valence-corrected chi connectivity index (χ3v) is 4.07. The Morgan fingerprint density at radius 1 is 1.08 bits per heavy atom. The van der Waals surface area contributed by atoms with Crippen molar-refractivity contribution in [1.82, 2.24) is 24.4 Å². The number of unbranched alkanes of at least 4 members (excludes halogenated alkanes) is 3. The van der Waals surface area contributed by atoms with E-state index in [-0.39, 0.29) is 5.91 Å². The van der Waals surface area contributed by atoms with Gasteiger partial charge in [0.05, 0.1) is 23.7 Å². The molecular weight excluding hydrogens is 302 g/mol. The number of aromatic nitrogens is 4. The molecular formula is C18H23N5O. The summed E-state index contributed by atoms with van der Waals surface area (Å²) < 4.78 is 3.98. The number of aryl methyl sites for hydroxylation is 1. The van der Waals surface area contributed by atoms with E-state index in [9.17, 15) is 4.79 Å². The number of hydrogen-bond acceptors (Lipinski definition) is 3. The van der Waals surface area contributed by atoms with E-state index in [0.29, 0.717) is 6.54 Å². The Balaban J connectivity index is 1.30. The second-order valence-electron chi connectivity index (χ2n) is 5.93. The molecule has 0 aliphatic carbocycles. The molecule has 0 bridgehead atoms. The van der Waals surface area contributed by atoms with Gasteiger partial charge in [0, 0.05) is 25.5 Å². The number of rotatable bonds is 9. The minimum atomic E-state index is 0.0385. The summed E-state index contributed by atoms with van der Waals surface area (Å²) in [6, 6.07) is 7.85. The van der Waals surface area contributed by atoms with Crippen molar-refractivity contribution in [2.24, 2.45) is 0 Å². The lowest BCUT2D eigenvalue weighted by Crippen LogP contribution is -2.28. The van der Waals surface area contributed by atoms with Crippen molar-refractivity contribution < 1.29 is 4.79 Å². The van der Waals surface area contributed by atoms with Crippen molar-refractivity contribution in [2.75, 3.05) is 6.54 Å². The summed E-state index contributed by atoms with van der Waals surface area (Å²) in [7, 11) is 0. The molecule has 0 aliphatic rings. The van der Waals surface area contributed by atoms with E-state index in [2.05, 4.69) is 19.9 Å². The van der Waals surface area contributed by atoms with Gasteiger partial charge in [0.2, 0.25) is 5.91 Å². The molecule has 24 heavy (non-hydrogen) atoms. The van der Waals surface area contributed by atoms with E-state index < -0.39 is 0 Å². The standard InChI is InChI=1S/C18H23N5O/c24-18(13-23-15-21-16-7-3-4-8-17(16)23)20-9-5-1-2-6-11-22-12-10-19-14-22/h3-4,7-8,10,12,14-15H,1-2,5-6,9,11,13H2,(H,20,24). The maximum atomic E-state index is 12.0. The average Bonchev–Trinajstić information content (AvgIpc) is 3.24. The minimum absolute atomic E-state index is 0.0385. The molecule has 0 radical (unpaired) electrons. The van der Waals surface area contributed by atoms with Gasteiger partial charge in [-0.2, -0.15) is 0 Å². The Kier molecular flexibility index (Phi) is 5.61. The van der Waals surface area contributed by atoms with Gasteiger partial charge in [-0.15, -0.1) is 0 Å². The molecule has 0 fully saturated rings. The van der Waals surface area contributed by atoms with Gasteiger partial charge >= 0.3 is 0 Å². The first kappa shape index (κ1) is 16.2. The van der Waals surface area contributed by atoms with E-state index in [1.807, 2.05) is 41.4 Å². The maximum absolute atomic E-state index is 12.0. The third-order valence-electron chi connectivity index (χ3n) is 4.07. The van der Waals surface area contributed by atoms with Crippen molar-refractivity contribution in [3.8, 4) is 0 Å². The van der Waals surface area contributed by atoms with E-state index >= 15 is 0 Å². The number of hydrogen-bond donors (Lipinski definition) is 1.